The van der Waals surface area contributed by atoms with E-state index in [1.165, 1.54) is 16.7 Å². The van der Waals surface area contributed by atoms with Crippen LogP contribution in [-0.4, -0.2) is 22.2 Å². The maximum absolute atomic E-state index is 11.2. The highest BCUT2D eigenvalue weighted by atomic mass is 16.5. The van der Waals surface area contributed by atoms with Crippen molar-refractivity contribution in [1.29, 1.82) is 0 Å². The van der Waals surface area contributed by atoms with Gasteiger partial charge in [-0.3, -0.25) is 4.79 Å². The van der Waals surface area contributed by atoms with Crippen molar-refractivity contribution in [2.45, 2.75) is 45.6 Å². The van der Waals surface area contributed by atoms with Gasteiger partial charge >= 0.3 is 11.9 Å². The minimum absolute atomic E-state index is 0.159. The first-order valence-corrected chi connectivity index (χ1v) is 14.0. The molecule has 1 atom stereocenters. The van der Waals surface area contributed by atoms with Gasteiger partial charge in [0.15, 0.2) is 0 Å². The summed E-state index contributed by atoms with van der Waals surface area (Å²) in [7, 11) is 0. The zero-order chi connectivity index (χ0) is 29.0. The number of aliphatic carboxylic acids is 1. The topological polar surface area (TPSA) is 83.8 Å². The first kappa shape index (κ1) is 29.3. The molecule has 5 nitrogen and oxygen atoms in total. The lowest BCUT2D eigenvalue weighted by Gasteiger charge is -2.14. The van der Waals surface area contributed by atoms with Crippen LogP contribution < -0.4 is 4.74 Å². The molecule has 0 aromatic heterocycles. The van der Waals surface area contributed by atoms with Gasteiger partial charge in [0.2, 0.25) is 0 Å². The number of carboxylic acid groups (broad SMARTS) is 2. The molecule has 0 saturated carbocycles. The zero-order valence-electron chi connectivity index (χ0n) is 23.3. The van der Waals surface area contributed by atoms with E-state index in [-0.39, 0.29) is 17.9 Å². The van der Waals surface area contributed by atoms with Gasteiger partial charge in [-0.15, -0.1) is 0 Å². The number of benzene rings is 4. The fourth-order valence-corrected chi connectivity index (χ4v) is 4.73. The summed E-state index contributed by atoms with van der Waals surface area (Å²) >= 11 is 0. The van der Waals surface area contributed by atoms with Crippen molar-refractivity contribution in [3.8, 4) is 16.9 Å². The summed E-state index contributed by atoms with van der Waals surface area (Å²) in [5.74, 6) is -0.763. The third-order valence-corrected chi connectivity index (χ3v) is 7.11. The van der Waals surface area contributed by atoms with Crippen LogP contribution in [0.4, 0.5) is 0 Å². The molecule has 2 N–H and O–H groups in total. The number of carbonyl (C=O) groups is 2. The summed E-state index contributed by atoms with van der Waals surface area (Å²) in [4.78, 5) is 22.2. The maximum atomic E-state index is 11.2. The number of para-hydroxylation sites is 1. The van der Waals surface area contributed by atoms with Crippen LogP contribution in [0.2, 0.25) is 0 Å². The van der Waals surface area contributed by atoms with E-state index in [9.17, 15) is 14.7 Å². The molecule has 0 radical (unpaired) electrons. The van der Waals surface area contributed by atoms with Crippen molar-refractivity contribution >= 4 is 18.0 Å². The highest BCUT2D eigenvalue weighted by molar-refractivity contribution is 5.87. The van der Waals surface area contributed by atoms with E-state index in [0.29, 0.717) is 13.0 Å². The lowest BCUT2D eigenvalue weighted by atomic mass is 9.92. The predicted molar refractivity (Wildman–Crippen MR) is 163 cm³/mol. The van der Waals surface area contributed by atoms with E-state index in [2.05, 4.69) is 67.6 Å². The first-order chi connectivity index (χ1) is 19.9. The molecule has 4 aromatic rings. The normalized spacial score (nSPS) is 11.8. The average molecular weight is 549 g/mol. The number of rotatable bonds is 14. The van der Waals surface area contributed by atoms with Gasteiger partial charge < -0.3 is 14.9 Å². The molecule has 1 unspecified atom stereocenters. The van der Waals surface area contributed by atoms with Gasteiger partial charge in [0.1, 0.15) is 12.4 Å². The van der Waals surface area contributed by atoms with Gasteiger partial charge in [-0.05, 0) is 72.6 Å². The molecule has 210 valence electrons. The van der Waals surface area contributed by atoms with Crippen LogP contribution >= 0.6 is 0 Å². The molecule has 4 rings (SSSR count). The summed E-state index contributed by atoms with van der Waals surface area (Å²) in [5.41, 5.74) is 6.96. The molecular weight excluding hydrogens is 512 g/mol. The van der Waals surface area contributed by atoms with E-state index in [1.54, 1.807) is 12.1 Å². The van der Waals surface area contributed by atoms with Crippen molar-refractivity contribution in [1.82, 2.24) is 0 Å². The van der Waals surface area contributed by atoms with Gasteiger partial charge in [-0.1, -0.05) is 103 Å². The van der Waals surface area contributed by atoms with Crippen molar-refractivity contribution in [3.05, 3.63) is 131 Å². The minimum Gasteiger partial charge on any atom is -0.488 e. The average Bonchev–Trinajstić information content (AvgIpc) is 2.98. The Hall–Kier alpha value is -4.64. The predicted octanol–water partition coefficient (Wildman–Crippen LogP) is 8.46. The second kappa shape index (κ2) is 14.7. The van der Waals surface area contributed by atoms with Crippen molar-refractivity contribution in [3.63, 3.8) is 0 Å². The SMILES string of the molecule is Cc1ccc(-c2ccc(COc3ccccc3/C=C/C(CCCCC(=O)O)Cc3ccc(C(=O)O)cc3)cc2)cc1. The molecule has 0 bridgehead atoms. The molecule has 0 fully saturated rings. The minimum atomic E-state index is -0.944. The van der Waals surface area contributed by atoms with Crippen LogP contribution in [0.15, 0.2) is 103 Å². The smallest absolute Gasteiger partial charge is 0.335 e. The maximum Gasteiger partial charge on any atom is 0.335 e. The zero-order valence-corrected chi connectivity index (χ0v) is 23.3. The van der Waals surface area contributed by atoms with Crippen LogP contribution in [0.3, 0.4) is 0 Å². The molecule has 5 heteroatoms. The molecular formula is C36H36O5. The van der Waals surface area contributed by atoms with Gasteiger partial charge in [0, 0.05) is 12.0 Å². The lowest BCUT2D eigenvalue weighted by molar-refractivity contribution is -0.137. The van der Waals surface area contributed by atoms with E-state index in [1.807, 2.05) is 36.4 Å². The second-order valence-electron chi connectivity index (χ2n) is 10.4. The largest absolute Gasteiger partial charge is 0.488 e. The molecule has 0 heterocycles. The number of ether oxygens (including phenoxy) is 1. The standard InChI is InChI=1S/C36H36O5/c1-26-10-17-30(18-11-26)31-19-15-29(16-20-31)25-41-34-8-4-3-7-32(34)21-12-27(6-2-5-9-35(37)38)24-28-13-22-33(23-14-28)36(39)40/h3-4,7-8,10-23,27H,2,5-6,9,24-25H2,1H3,(H,37,38)(H,39,40)/b21-12+. The van der Waals surface area contributed by atoms with Crippen molar-refractivity contribution in [2.75, 3.05) is 0 Å². The Kier molecular flexibility index (Phi) is 10.5. The summed E-state index contributed by atoms with van der Waals surface area (Å²) in [6.07, 6.45) is 7.38. The highest BCUT2D eigenvalue weighted by Crippen LogP contribution is 2.25. The van der Waals surface area contributed by atoms with Gasteiger partial charge in [0.25, 0.3) is 0 Å². The van der Waals surface area contributed by atoms with Crippen LogP contribution in [-0.2, 0) is 17.8 Å². The van der Waals surface area contributed by atoms with Crippen LogP contribution in [0, 0.1) is 12.8 Å². The number of aromatic carboxylic acids is 1. The van der Waals surface area contributed by atoms with Crippen LogP contribution in [0.1, 0.15) is 58.3 Å². The Morgan fingerprint density at radius 3 is 2.07 bits per heavy atom. The third kappa shape index (κ3) is 9.21. The fourth-order valence-electron chi connectivity index (χ4n) is 4.73. The summed E-state index contributed by atoms with van der Waals surface area (Å²) in [5, 5.41) is 18.2. The number of hydrogen-bond acceptors (Lipinski definition) is 3. The lowest BCUT2D eigenvalue weighted by Crippen LogP contribution is -2.04. The number of allylic oxidation sites excluding steroid dienone is 1. The number of aryl methyl sites for hydroxylation is 1. The first-order valence-electron chi connectivity index (χ1n) is 14.0. The van der Waals surface area contributed by atoms with E-state index >= 15 is 0 Å². The third-order valence-electron chi connectivity index (χ3n) is 7.11. The Balaban J connectivity index is 1.42. The van der Waals surface area contributed by atoms with Crippen molar-refractivity contribution < 1.29 is 24.5 Å². The molecule has 0 aliphatic rings. The molecule has 0 saturated heterocycles. The highest BCUT2D eigenvalue weighted by Gasteiger charge is 2.10. The van der Waals surface area contributed by atoms with E-state index in [4.69, 9.17) is 9.84 Å². The molecule has 0 aliphatic heterocycles. The Labute approximate surface area is 241 Å². The van der Waals surface area contributed by atoms with Crippen molar-refractivity contribution in [2.24, 2.45) is 5.92 Å². The van der Waals surface area contributed by atoms with E-state index < -0.39 is 11.9 Å². The van der Waals surface area contributed by atoms with Gasteiger partial charge in [-0.2, -0.15) is 0 Å². The molecule has 0 amide bonds. The van der Waals surface area contributed by atoms with Crippen LogP contribution in [0.25, 0.3) is 17.2 Å². The monoisotopic (exact) mass is 548 g/mol. The quantitative estimate of drug-likeness (QED) is 0.154. The Morgan fingerprint density at radius 2 is 1.41 bits per heavy atom. The fraction of sp³-hybridized carbons (Fsp3) is 0.222. The number of carboxylic acids is 2. The van der Waals surface area contributed by atoms with Gasteiger partial charge in [-0.25, -0.2) is 4.79 Å². The van der Waals surface area contributed by atoms with Gasteiger partial charge in [0.05, 0.1) is 5.56 Å². The van der Waals surface area contributed by atoms with E-state index in [0.717, 1.165) is 41.7 Å². The summed E-state index contributed by atoms with van der Waals surface area (Å²) in [6.45, 7) is 2.54. The van der Waals surface area contributed by atoms with Crippen LogP contribution in [0.5, 0.6) is 5.75 Å². The Bertz CT molecular complexity index is 1450. The summed E-state index contributed by atoms with van der Waals surface area (Å²) in [6, 6.07) is 31.8. The number of hydrogen-bond donors (Lipinski definition) is 2. The molecule has 41 heavy (non-hydrogen) atoms. The Morgan fingerprint density at radius 1 is 0.780 bits per heavy atom. The molecule has 0 aliphatic carbocycles. The molecule has 0 spiro atoms. The number of unbranched alkanes of at least 4 members (excludes halogenated alkanes) is 1. The summed E-state index contributed by atoms with van der Waals surface area (Å²) < 4.78 is 6.22. The molecule has 4 aromatic carbocycles. The second-order valence-corrected chi connectivity index (χ2v) is 10.4.